The van der Waals surface area contributed by atoms with E-state index in [4.69, 9.17) is 14.4 Å². The molecule has 1 heterocycles. The highest BCUT2D eigenvalue weighted by atomic mass is 79.9. The summed E-state index contributed by atoms with van der Waals surface area (Å²) in [7, 11) is 1.31. The number of rotatable bonds is 3. The standard InChI is InChI=1S/C11H7BrFNO4/c1-17-10-6(2-5(12)3-7(10)13)9-4-8(11(15)16)14-18-9/h2-4H,1H3,(H,15,16). The third-order valence-electron chi connectivity index (χ3n) is 2.21. The quantitative estimate of drug-likeness (QED) is 0.942. The molecular weight excluding hydrogens is 309 g/mol. The van der Waals surface area contributed by atoms with E-state index in [1.165, 1.54) is 19.2 Å². The van der Waals surface area contributed by atoms with E-state index in [9.17, 15) is 9.18 Å². The molecule has 94 valence electrons. The Hall–Kier alpha value is -1.89. The van der Waals surface area contributed by atoms with E-state index >= 15 is 0 Å². The Balaban J connectivity index is 2.58. The van der Waals surface area contributed by atoms with Crippen LogP contribution in [0.4, 0.5) is 4.39 Å². The molecule has 0 atom stereocenters. The molecule has 1 N–H and O–H groups in total. The Morgan fingerprint density at radius 2 is 2.22 bits per heavy atom. The van der Waals surface area contributed by atoms with Crippen LogP contribution in [0.25, 0.3) is 11.3 Å². The van der Waals surface area contributed by atoms with Crippen molar-refractivity contribution in [3.05, 3.63) is 34.2 Å². The van der Waals surface area contributed by atoms with Gasteiger partial charge in [-0.2, -0.15) is 0 Å². The molecular formula is C11H7BrFNO4. The number of aromatic nitrogens is 1. The summed E-state index contributed by atoms with van der Waals surface area (Å²) in [5.74, 6) is -1.73. The lowest BCUT2D eigenvalue weighted by Crippen LogP contribution is -1.94. The number of hydrogen-bond acceptors (Lipinski definition) is 4. The van der Waals surface area contributed by atoms with Gasteiger partial charge in [0, 0.05) is 10.5 Å². The predicted octanol–water partition coefficient (Wildman–Crippen LogP) is 2.95. The number of aromatic carboxylic acids is 1. The molecule has 0 fully saturated rings. The molecule has 7 heteroatoms. The van der Waals surface area contributed by atoms with Crippen LogP contribution < -0.4 is 4.74 Å². The van der Waals surface area contributed by atoms with Crippen LogP contribution in [0.5, 0.6) is 5.75 Å². The fourth-order valence-corrected chi connectivity index (χ4v) is 1.88. The lowest BCUT2D eigenvalue weighted by atomic mass is 10.1. The fourth-order valence-electron chi connectivity index (χ4n) is 1.45. The third-order valence-corrected chi connectivity index (χ3v) is 2.67. The smallest absolute Gasteiger partial charge is 0.358 e. The molecule has 18 heavy (non-hydrogen) atoms. The maximum absolute atomic E-state index is 13.6. The van der Waals surface area contributed by atoms with Gasteiger partial charge in [0.05, 0.1) is 12.7 Å². The second-order valence-electron chi connectivity index (χ2n) is 3.35. The van der Waals surface area contributed by atoms with Crippen molar-refractivity contribution in [2.75, 3.05) is 7.11 Å². The highest BCUT2D eigenvalue weighted by Crippen LogP contribution is 2.35. The average molecular weight is 316 g/mol. The first-order chi connectivity index (χ1) is 8.52. The minimum Gasteiger partial charge on any atom is -0.493 e. The van der Waals surface area contributed by atoms with E-state index in [-0.39, 0.29) is 22.8 Å². The Bertz CT molecular complexity index is 611. The van der Waals surface area contributed by atoms with Crippen LogP contribution in [0.3, 0.4) is 0 Å². The zero-order valence-electron chi connectivity index (χ0n) is 9.11. The molecule has 5 nitrogen and oxygen atoms in total. The van der Waals surface area contributed by atoms with Gasteiger partial charge in [0.25, 0.3) is 0 Å². The number of benzene rings is 1. The zero-order chi connectivity index (χ0) is 13.3. The van der Waals surface area contributed by atoms with Crippen LogP contribution in [-0.2, 0) is 0 Å². The minimum absolute atomic E-state index is 0.0358. The third kappa shape index (κ3) is 2.21. The van der Waals surface area contributed by atoms with Crippen LogP contribution in [-0.4, -0.2) is 23.3 Å². The van der Waals surface area contributed by atoms with Crippen molar-refractivity contribution in [3.63, 3.8) is 0 Å². The van der Waals surface area contributed by atoms with Gasteiger partial charge >= 0.3 is 5.97 Å². The fraction of sp³-hybridized carbons (Fsp3) is 0.0909. The summed E-state index contributed by atoms with van der Waals surface area (Å²) in [4.78, 5) is 10.7. The highest BCUT2D eigenvalue weighted by Gasteiger charge is 2.18. The SMILES string of the molecule is COc1c(F)cc(Br)cc1-c1cc(C(=O)O)no1. The van der Waals surface area contributed by atoms with Crippen molar-refractivity contribution in [2.24, 2.45) is 0 Å². The Kier molecular flexibility index (Phi) is 3.33. The maximum Gasteiger partial charge on any atom is 0.358 e. The van der Waals surface area contributed by atoms with Crippen molar-refractivity contribution in [1.29, 1.82) is 0 Å². The summed E-state index contributed by atoms with van der Waals surface area (Å²) in [6.07, 6.45) is 0. The Morgan fingerprint density at radius 1 is 1.50 bits per heavy atom. The number of carboxylic acids is 1. The van der Waals surface area contributed by atoms with Crippen molar-refractivity contribution in [2.45, 2.75) is 0 Å². The summed E-state index contributed by atoms with van der Waals surface area (Å²) in [5.41, 5.74) is 0.0248. The van der Waals surface area contributed by atoms with Gasteiger partial charge in [0.1, 0.15) is 0 Å². The molecule has 1 aromatic carbocycles. The first-order valence-electron chi connectivity index (χ1n) is 4.76. The van der Waals surface area contributed by atoms with E-state index in [1.807, 2.05) is 0 Å². The molecule has 0 aliphatic rings. The molecule has 1 aromatic heterocycles. The predicted molar refractivity (Wildman–Crippen MR) is 63.1 cm³/mol. The number of nitrogens with zero attached hydrogens (tertiary/aromatic N) is 1. The number of ether oxygens (including phenoxy) is 1. The highest BCUT2D eigenvalue weighted by molar-refractivity contribution is 9.10. The largest absolute Gasteiger partial charge is 0.493 e. The van der Waals surface area contributed by atoms with Gasteiger partial charge in [-0.25, -0.2) is 9.18 Å². The normalized spacial score (nSPS) is 10.4. The monoisotopic (exact) mass is 315 g/mol. The maximum atomic E-state index is 13.6. The van der Waals surface area contributed by atoms with Crippen molar-refractivity contribution >= 4 is 21.9 Å². The van der Waals surface area contributed by atoms with E-state index in [1.54, 1.807) is 6.07 Å². The van der Waals surface area contributed by atoms with E-state index < -0.39 is 11.8 Å². The molecule has 0 saturated heterocycles. The number of halogens is 2. The van der Waals surface area contributed by atoms with E-state index in [0.29, 0.717) is 4.47 Å². The Labute approximate surface area is 109 Å². The number of carboxylic acid groups (broad SMARTS) is 1. The summed E-state index contributed by atoms with van der Waals surface area (Å²) in [5, 5.41) is 12.1. The second-order valence-corrected chi connectivity index (χ2v) is 4.27. The van der Waals surface area contributed by atoms with Gasteiger partial charge in [0.2, 0.25) is 0 Å². The summed E-state index contributed by atoms with van der Waals surface area (Å²) in [6, 6.07) is 3.98. The topological polar surface area (TPSA) is 72.6 Å². The van der Waals surface area contributed by atoms with Gasteiger partial charge < -0.3 is 14.4 Å². The minimum atomic E-state index is -1.22. The van der Waals surface area contributed by atoms with Crippen LogP contribution in [0, 0.1) is 5.82 Å². The zero-order valence-corrected chi connectivity index (χ0v) is 10.7. The van der Waals surface area contributed by atoms with Crippen molar-refractivity contribution in [3.8, 4) is 17.1 Å². The van der Waals surface area contributed by atoms with Gasteiger partial charge in [0.15, 0.2) is 23.0 Å². The van der Waals surface area contributed by atoms with Crippen molar-refractivity contribution in [1.82, 2.24) is 5.16 Å². The number of methoxy groups -OCH3 is 1. The molecule has 0 amide bonds. The van der Waals surface area contributed by atoms with E-state index in [0.717, 1.165) is 0 Å². The lowest BCUT2D eigenvalue weighted by molar-refractivity contribution is 0.0686. The molecule has 2 aromatic rings. The van der Waals surface area contributed by atoms with E-state index in [2.05, 4.69) is 21.1 Å². The molecule has 0 unspecified atom stereocenters. The summed E-state index contributed by atoms with van der Waals surface area (Å²) < 4.78 is 23.9. The number of carbonyl (C=O) groups is 1. The van der Waals surface area contributed by atoms with Gasteiger partial charge in [-0.3, -0.25) is 0 Å². The van der Waals surface area contributed by atoms with Gasteiger partial charge in [-0.1, -0.05) is 21.1 Å². The summed E-state index contributed by atoms with van der Waals surface area (Å²) >= 11 is 3.14. The Morgan fingerprint density at radius 3 is 2.78 bits per heavy atom. The van der Waals surface area contributed by atoms with Crippen LogP contribution in [0.2, 0.25) is 0 Å². The van der Waals surface area contributed by atoms with Crippen LogP contribution in [0.15, 0.2) is 27.2 Å². The van der Waals surface area contributed by atoms with Gasteiger partial charge in [-0.15, -0.1) is 0 Å². The lowest BCUT2D eigenvalue weighted by Gasteiger charge is -2.07. The molecule has 0 aliphatic heterocycles. The first-order valence-corrected chi connectivity index (χ1v) is 5.55. The number of hydrogen-bond donors (Lipinski definition) is 1. The molecule has 0 aliphatic carbocycles. The second kappa shape index (κ2) is 4.77. The van der Waals surface area contributed by atoms with Gasteiger partial charge in [-0.05, 0) is 12.1 Å². The molecule has 0 saturated carbocycles. The van der Waals surface area contributed by atoms with Crippen LogP contribution >= 0.6 is 15.9 Å². The molecule has 2 rings (SSSR count). The van der Waals surface area contributed by atoms with Crippen molar-refractivity contribution < 1.29 is 23.6 Å². The molecule has 0 radical (unpaired) electrons. The first kappa shape index (κ1) is 12.6. The van der Waals surface area contributed by atoms with Crippen LogP contribution in [0.1, 0.15) is 10.5 Å². The summed E-state index contributed by atoms with van der Waals surface area (Å²) in [6.45, 7) is 0. The molecule has 0 bridgehead atoms. The average Bonchev–Trinajstić information content (AvgIpc) is 2.77. The molecule has 0 spiro atoms.